The Balaban J connectivity index is 0.0000104. The molecule has 3 fully saturated rings. The van der Waals surface area contributed by atoms with Crippen LogP contribution in [0.1, 0.15) is 132 Å². The van der Waals surface area contributed by atoms with Crippen LogP contribution in [0.15, 0.2) is 54.6 Å². The van der Waals surface area contributed by atoms with Crippen LogP contribution in [0.5, 0.6) is 0 Å². The molecule has 0 radical (unpaired) electrons. The summed E-state index contributed by atoms with van der Waals surface area (Å²) in [6, 6.07) is 15.1. The van der Waals surface area contributed by atoms with Gasteiger partial charge in [-0.05, 0) is 77.6 Å². The number of nitrogens with one attached hydrogen (secondary N) is 2. The molecule has 0 aromatic heterocycles. The van der Waals surface area contributed by atoms with Crippen LogP contribution in [-0.4, -0.2) is 125 Å². The fraction of sp³-hybridized carbons (Fsp3) is 0.560. The summed E-state index contributed by atoms with van der Waals surface area (Å²) in [5, 5.41) is 6.20. The summed E-state index contributed by atoms with van der Waals surface area (Å²) < 4.78 is 0. The quantitative estimate of drug-likeness (QED) is 0.0710. The molecule has 5 unspecified atom stereocenters. The summed E-state index contributed by atoms with van der Waals surface area (Å²) in [6.07, 6.45) is 1.68. The third kappa shape index (κ3) is 13.2. The largest absolute Gasteiger partial charge is 1.00 e. The van der Waals surface area contributed by atoms with Gasteiger partial charge >= 0.3 is 5.97 Å². The molecule has 5 atom stereocenters. The molecule has 0 bridgehead atoms. The van der Waals surface area contributed by atoms with E-state index in [1.807, 2.05) is 20.0 Å². The number of nitrogens with two attached hydrogens (primary N) is 1. The smallest absolute Gasteiger partial charge is 0.333 e. The fourth-order valence-corrected chi connectivity index (χ4v) is 9.40. The molecule has 3 aliphatic rings. The number of nitrogens with zero attached hydrogens (tertiary/aromatic N) is 4. The zero-order chi connectivity index (χ0) is 49.9. The Morgan fingerprint density at radius 3 is 2.00 bits per heavy atom. The van der Waals surface area contributed by atoms with Crippen molar-refractivity contribution >= 4 is 59.0 Å². The first-order valence-electron chi connectivity index (χ1n) is 23.7. The summed E-state index contributed by atoms with van der Waals surface area (Å²) in [5.74, 6) is -8.41. The second-order valence-electron chi connectivity index (χ2n) is 19.0. The number of amides is 8. The number of primary amides is 1. The van der Waals surface area contributed by atoms with Gasteiger partial charge in [-0.25, -0.2) is 4.79 Å². The number of likely N-dealkylation sites (tertiary alicyclic amines) is 2. The van der Waals surface area contributed by atoms with Gasteiger partial charge in [-0.3, -0.25) is 53.0 Å². The lowest BCUT2D eigenvalue weighted by molar-refractivity contribution is -0.197. The maximum absolute atomic E-state index is 14.8. The van der Waals surface area contributed by atoms with E-state index in [9.17, 15) is 47.9 Å². The van der Waals surface area contributed by atoms with Crippen LogP contribution >= 0.6 is 0 Å². The van der Waals surface area contributed by atoms with E-state index in [1.54, 1.807) is 81.1 Å². The number of benzene rings is 2. The van der Waals surface area contributed by atoms with Crippen molar-refractivity contribution in [2.75, 3.05) is 39.8 Å². The molecule has 3 heterocycles. The Morgan fingerprint density at radius 2 is 1.42 bits per heavy atom. The van der Waals surface area contributed by atoms with Crippen LogP contribution in [0.3, 0.4) is 0 Å². The van der Waals surface area contributed by atoms with Gasteiger partial charge in [-0.2, -0.15) is 0 Å². The molecule has 18 nitrogen and oxygen atoms in total. The molecule has 8 amide bonds. The molecule has 19 heteroatoms. The number of imide groups is 2. The molecule has 69 heavy (non-hydrogen) atoms. The topological polar surface area (TPSA) is 243 Å². The minimum atomic E-state index is -1.67. The van der Waals surface area contributed by atoms with E-state index in [4.69, 9.17) is 10.6 Å². The average Bonchev–Trinajstić information content (AvgIpc) is 3.74. The summed E-state index contributed by atoms with van der Waals surface area (Å²) in [5.41, 5.74) is 4.32. The van der Waals surface area contributed by atoms with E-state index in [-0.39, 0.29) is 114 Å². The first-order valence-corrected chi connectivity index (χ1v) is 23.7. The van der Waals surface area contributed by atoms with Gasteiger partial charge in [0.05, 0.1) is 23.4 Å². The maximum atomic E-state index is 14.8. The number of hydrogen-bond acceptors (Lipinski definition) is 12. The Hall–Kier alpha value is -6.01. The Bertz CT molecular complexity index is 2220. The SMILES string of the molecule is CCC(CC(C)(C(=O)NCCCNC(=O)c1ccc(C(=O)c2ccccc2)cc1)C1C(=O)N(CCCCCC(=O)ON2C(=O)CCC2=O)C(=O)C1CC(C)(C)C(=O)N1CCC1N(C)CC)C(N)=O.[Cl-]. The van der Waals surface area contributed by atoms with E-state index in [1.165, 1.54) is 0 Å². The van der Waals surface area contributed by atoms with Gasteiger partial charge < -0.3 is 38.5 Å². The van der Waals surface area contributed by atoms with Gasteiger partial charge in [-0.15, -0.1) is 5.06 Å². The van der Waals surface area contributed by atoms with E-state index in [2.05, 4.69) is 15.5 Å². The lowest BCUT2D eigenvalue weighted by Crippen LogP contribution is -3.00. The number of carbonyl (C=O) groups is 10. The highest BCUT2D eigenvalue weighted by atomic mass is 35.5. The predicted octanol–water partition coefficient (Wildman–Crippen LogP) is 0.761. The first-order chi connectivity index (χ1) is 32.2. The van der Waals surface area contributed by atoms with Crippen LogP contribution in [0.4, 0.5) is 0 Å². The van der Waals surface area contributed by atoms with Crippen LogP contribution in [0.2, 0.25) is 0 Å². The van der Waals surface area contributed by atoms with E-state index >= 15 is 0 Å². The van der Waals surface area contributed by atoms with Crippen LogP contribution in [-0.2, 0) is 43.2 Å². The number of halogens is 1. The second kappa shape index (κ2) is 24.5. The summed E-state index contributed by atoms with van der Waals surface area (Å²) in [4.78, 5) is 143. The third-order valence-corrected chi connectivity index (χ3v) is 13.7. The number of hydroxylamine groups is 2. The van der Waals surface area contributed by atoms with Crippen molar-refractivity contribution < 1.29 is 65.2 Å². The molecule has 0 spiro atoms. The van der Waals surface area contributed by atoms with Gasteiger partial charge in [0.2, 0.25) is 29.5 Å². The molecule has 2 aromatic carbocycles. The van der Waals surface area contributed by atoms with Crippen molar-refractivity contribution in [3.05, 3.63) is 71.3 Å². The maximum Gasteiger partial charge on any atom is 0.333 e. The van der Waals surface area contributed by atoms with Gasteiger partial charge in [0.25, 0.3) is 17.7 Å². The molecule has 4 N–H and O–H groups in total. The lowest BCUT2D eigenvalue weighted by Gasteiger charge is -2.49. The molecule has 2 aromatic rings. The first kappa shape index (κ1) is 55.6. The van der Waals surface area contributed by atoms with Crippen molar-refractivity contribution in [1.29, 1.82) is 0 Å². The van der Waals surface area contributed by atoms with Crippen molar-refractivity contribution in [2.24, 2.45) is 34.3 Å². The van der Waals surface area contributed by atoms with Crippen molar-refractivity contribution in [2.45, 2.75) is 111 Å². The van der Waals surface area contributed by atoms with Gasteiger partial charge in [-0.1, -0.05) is 76.6 Å². The molecular formula is C50H67ClN7O11-. The molecule has 3 saturated heterocycles. The third-order valence-electron chi connectivity index (χ3n) is 13.7. The number of ketones is 1. The average molecular weight is 978 g/mol. The molecule has 3 aliphatic heterocycles. The summed E-state index contributed by atoms with van der Waals surface area (Å²) >= 11 is 0. The second-order valence-corrected chi connectivity index (χ2v) is 19.0. The molecular weight excluding hydrogens is 910 g/mol. The fourth-order valence-electron chi connectivity index (χ4n) is 9.40. The van der Waals surface area contributed by atoms with Gasteiger partial charge in [0.1, 0.15) is 0 Å². The number of rotatable bonds is 25. The normalized spacial score (nSPS) is 19.4. The predicted molar refractivity (Wildman–Crippen MR) is 248 cm³/mol. The zero-order valence-corrected chi connectivity index (χ0v) is 41.3. The van der Waals surface area contributed by atoms with E-state index < -0.39 is 70.0 Å². The molecule has 0 saturated carbocycles. The number of unbranched alkanes of at least 4 members (excludes halogenated alkanes) is 2. The number of carbonyl (C=O) groups excluding carboxylic acids is 10. The highest BCUT2D eigenvalue weighted by Gasteiger charge is 2.60. The molecule has 0 aliphatic carbocycles. The standard InChI is InChI=1S/C50H67N7O11.ClH/c1-7-32(43(51)62)30-50(5,47(66)53-27-15-26-52-44(63)35-21-19-34(20-22-35)42(61)33-16-11-9-12-17-33)41-36(31-49(3,4)48(67)55-29-25-37(55)54(6)8-2)45(64)56(46(41)65)28-14-10-13-18-40(60)68-57-38(58)23-24-39(57)59;/h9,11-12,16-17,19-22,32,36-37,41H,7-8,10,13-15,18,23-31H2,1-6H3,(H2,51,62)(H,52,63)(H,53,66);1H/p-1. The van der Waals surface area contributed by atoms with Gasteiger partial charge in [0.15, 0.2) is 5.78 Å². The monoisotopic (exact) mass is 976 g/mol. The van der Waals surface area contributed by atoms with Gasteiger partial charge in [0, 0.05) is 73.5 Å². The van der Waals surface area contributed by atoms with Crippen molar-refractivity contribution in [3.8, 4) is 0 Å². The Labute approximate surface area is 410 Å². The van der Waals surface area contributed by atoms with Crippen LogP contribution < -0.4 is 28.8 Å². The van der Waals surface area contributed by atoms with E-state index in [0.717, 1.165) is 11.3 Å². The van der Waals surface area contributed by atoms with Crippen LogP contribution in [0.25, 0.3) is 0 Å². The Morgan fingerprint density at radius 1 is 0.812 bits per heavy atom. The molecule has 376 valence electrons. The van der Waals surface area contributed by atoms with Crippen molar-refractivity contribution in [3.63, 3.8) is 0 Å². The summed E-state index contributed by atoms with van der Waals surface area (Å²) in [6.45, 7) is 10.2. The number of hydrogen-bond donors (Lipinski definition) is 3. The molecule has 5 rings (SSSR count). The minimum absolute atomic E-state index is 0. The van der Waals surface area contributed by atoms with E-state index in [0.29, 0.717) is 41.3 Å². The highest BCUT2D eigenvalue weighted by molar-refractivity contribution is 6.10. The van der Waals surface area contributed by atoms with Crippen LogP contribution in [0, 0.1) is 28.6 Å². The highest BCUT2D eigenvalue weighted by Crippen LogP contribution is 2.49. The Kier molecular flexibility index (Phi) is 19.7. The zero-order valence-electron chi connectivity index (χ0n) is 40.6. The van der Waals surface area contributed by atoms with Crippen molar-refractivity contribution in [1.82, 2.24) is 30.4 Å². The lowest BCUT2D eigenvalue weighted by atomic mass is 9.63. The minimum Gasteiger partial charge on any atom is -1.00 e. The summed E-state index contributed by atoms with van der Waals surface area (Å²) in [7, 11) is 1.93.